The highest BCUT2D eigenvalue weighted by Gasteiger charge is 2.21. The number of ether oxygens (including phenoxy) is 1. The molecule has 0 aromatic carbocycles. The number of rotatable bonds is 3. The van der Waals surface area contributed by atoms with Crippen LogP contribution in [0.5, 0.6) is 0 Å². The van der Waals surface area contributed by atoms with Crippen LogP contribution in [0.1, 0.15) is 35.0 Å². The number of aromatic nitrogens is 1. The van der Waals surface area contributed by atoms with E-state index in [9.17, 15) is 13.6 Å². The summed E-state index contributed by atoms with van der Waals surface area (Å²) in [6.07, 6.45) is -2.74. The van der Waals surface area contributed by atoms with Crippen LogP contribution in [-0.4, -0.2) is 17.6 Å². The van der Waals surface area contributed by atoms with Gasteiger partial charge in [-0.2, -0.15) is 5.26 Å². The van der Waals surface area contributed by atoms with Crippen molar-refractivity contribution in [3.8, 4) is 6.07 Å². The van der Waals surface area contributed by atoms with Gasteiger partial charge in [0.25, 0.3) is 6.43 Å². The largest absolute Gasteiger partial charge is 0.461 e. The van der Waals surface area contributed by atoms with Gasteiger partial charge in [0, 0.05) is 0 Å². The van der Waals surface area contributed by atoms with E-state index in [1.807, 2.05) is 0 Å². The molecule has 0 N–H and O–H groups in total. The van der Waals surface area contributed by atoms with Crippen molar-refractivity contribution in [2.75, 3.05) is 6.61 Å². The summed E-state index contributed by atoms with van der Waals surface area (Å²) in [7, 11) is 0. The first kappa shape index (κ1) is 13.8. The Bertz CT molecular complexity index is 486. The first-order valence-corrected chi connectivity index (χ1v) is 5.65. The van der Waals surface area contributed by atoms with Gasteiger partial charge in [-0.15, -0.1) is 0 Å². The third-order valence-electron chi connectivity index (χ3n) is 1.83. The van der Waals surface area contributed by atoms with E-state index in [2.05, 4.69) is 9.72 Å². The van der Waals surface area contributed by atoms with E-state index in [1.165, 1.54) is 0 Å². The van der Waals surface area contributed by atoms with Gasteiger partial charge in [-0.3, -0.25) is 0 Å². The Balaban J connectivity index is 3.30. The summed E-state index contributed by atoms with van der Waals surface area (Å²) in [5, 5.41) is 8.79. The predicted octanol–water partition coefficient (Wildman–Crippen LogP) is 2.67. The zero-order chi connectivity index (χ0) is 13.0. The molecule has 0 saturated heterocycles. The lowest BCUT2D eigenvalue weighted by Crippen LogP contribution is -2.12. The van der Waals surface area contributed by atoms with Gasteiger partial charge in [0.1, 0.15) is 9.77 Å². The number of halogens is 3. The summed E-state index contributed by atoms with van der Waals surface area (Å²) in [4.78, 5) is 15.1. The number of alkyl halides is 2. The van der Waals surface area contributed by atoms with Crippen LogP contribution in [0.25, 0.3) is 0 Å². The molecule has 0 fully saturated rings. The van der Waals surface area contributed by atoms with Crippen molar-refractivity contribution in [2.45, 2.75) is 13.3 Å². The summed E-state index contributed by atoms with van der Waals surface area (Å²) in [6, 6.07) is 2.62. The van der Waals surface area contributed by atoms with Gasteiger partial charge < -0.3 is 4.74 Å². The van der Waals surface area contributed by atoms with Crippen molar-refractivity contribution in [3.63, 3.8) is 0 Å². The quantitative estimate of drug-likeness (QED) is 0.477. The zero-order valence-electron chi connectivity index (χ0n) is 8.71. The van der Waals surface area contributed by atoms with Gasteiger partial charge >= 0.3 is 5.97 Å². The number of nitrogens with zero attached hydrogens (tertiary/aromatic N) is 2. The highest BCUT2D eigenvalue weighted by atomic mass is 127. The second kappa shape index (κ2) is 5.86. The Hall–Kier alpha value is -1.30. The normalized spacial score (nSPS) is 10.1. The SMILES string of the molecule is CCOC(=O)c1nc(I)c(C(F)F)cc1C#N. The molecule has 0 saturated carbocycles. The van der Waals surface area contributed by atoms with Crippen LogP contribution in [0, 0.1) is 15.0 Å². The molecular formula is C10H7F2IN2O2. The molecule has 0 radical (unpaired) electrons. The summed E-state index contributed by atoms with van der Waals surface area (Å²) in [6.45, 7) is 1.72. The maximum Gasteiger partial charge on any atom is 0.358 e. The number of nitriles is 1. The Morgan fingerprint density at radius 1 is 1.71 bits per heavy atom. The van der Waals surface area contributed by atoms with Crippen LogP contribution in [0.4, 0.5) is 8.78 Å². The molecule has 0 unspecified atom stereocenters. The minimum Gasteiger partial charge on any atom is -0.461 e. The van der Waals surface area contributed by atoms with Crippen molar-refractivity contribution < 1.29 is 18.3 Å². The molecule has 1 heterocycles. The van der Waals surface area contributed by atoms with Crippen molar-refractivity contribution in [2.24, 2.45) is 0 Å². The lowest BCUT2D eigenvalue weighted by atomic mass is 10.1. The molecule has 7 heteroatoms. The minimum absolute atomic E-state index is 0.0142. The number of pyridine rings is 1. The van der Waals surface area contributed by atoms with E-state index >= 15 is 0 Å². The van der Waals surface area contributed by atoms with E-state index in [-0.39, 0.29) is 27.1 Å². The zero-order valence-corrected chi connectivity index (χ0v) is 10.9. The molecule has 17 heavy (non-hydrogen) atoms. The Morgan fingerprint density at radius 2 is 2.35 bits per heavy atom. The number of hydrogen-bond donors (Lipinski definition) is 0. The lowest BCUT2D eigenvalue weighted by molar-refractivity contribution is 0.0518. The summed E-state index contributed by atoms with van der Waals surface area (Å²) in [5.41, 5.74) is -0.808. The van der Waals surface area contributed by atoms with E-state index in [0.29, 0.717) is 0 Å². The topological polar surface area (TPSA) is 63.0 Å². The van der Waals surface area contributed by atoms with Gasteiger partial charge in [-0.1, -0.05) is 0 Å². The molecule has 0 aliphatic rings. The fraction of sp³-hybridized carbons (Fsp3) is 0.300. The van der Waals surface area contributed by atoms with Crippen molar-refractivity contribution in [3.05, 3.63) is 26.6 Å². The van der Waals surface area contributed by atoms with Crippen molar-refractivity contribution >= 4 is 28.6 Å². The van der Waals surface area contributed by atoms with E-state index in [4.69, 9.17) is 5.26 Å². The molecule has 1 rings (SSSR count). The van der Waals surface area contributed by atoms with Crippen LogP contribution in [0.15, 0.2) is 6.07 Å². The average Bonchev–Trinajstić information content (AvgIpc) is 2.28. The van der Waals surface area contributed by atoms with Crippen molar-refractivity contribution in [1.82, 2.24) is 4.98 Å². The minimum atomic E-state index is -2.74. The molecule has 0 aliphatic heterocycles. The van der Waals surface area contributed by atoms with Crippen LogP contribution in [0.3, 0.4) is 0 Å². The molecule has 0 amide bonds. The lowest BCUT2D eigenvalue weighted by Gasteiger charge is -2.07. The third-order valence-corrected chi connectivity index (χ3v) is 2.69. The highest BCUT2D eigenvalue weighted by molar-refractivity contribution is 14.1. The second-order valence-electron chi connectivity index (χ2n) is 2.90. The molecule has 0 atom stereocenters. The van der Waals surface area contributed by atoms with Gasteiger partial charge in [0.15, 0.2) is 5.69 Å². The first-order valence-electron chi connectivity index (χ1n) is 4.57. The highest BCUT2D eigenvalue weighted by Crippen LogP contribution is 2.25. The van der Waals surface area contributed by atoms with Gasteiger partial charge in [0.05, 0.1) is 17.7 Å². The van der Waals surface area contributed by atoms with Crippen LogP contribution in [-0.2, 0) is 4.74 Å². The number of esters is 1. The fourth-order valence-corrected chi connectivity index (χ4v) is 1.73. The standard InChI is InChI=1S/C10H7F2IN2O2/c1-2-17-10(16)7-5(4-14)3-6(8(11)12)9(13)15-7/h3,8H,2H2,1H3. The molecular weight excluding hydrogens is 345 g/mol. The summed E-state index contributed by atoms with van der Waals surface area (Å²) < 4.78 is 29.8. The molecule has 0 bridgehead atoms. The first-order chi connectivity index (χ1) is 8.01. The Kier molecular flexibility index (Phi) is 4.74. The number of carbonyl (C=O) groups is 1. The Morgan fingerprint density at radius 3 is 2.82 bits per heavy atom. The van der Waals surface area contributed by atoms with Gasteiger partial charge in [-0.05, 0) is 35.6 Å². The van der Waals surface area contributed by atoms with E-state index in [0.717, 1.165) is 6.07 Å². The maximum absolute atomic E-state index is 12.6. The monoisotopic (exact) mass is 352 g/mol. The van der Waals surface area contributed by atoms with E-state index in [1.54, 1.807) is 35.6 Å². The van der Waals surface area contributed by atoms with Gasteiger partial charge in [-0.25, -0.2) is 18.6 Å². The maximum atomic E-state index is 12.6. The van der Waals surface area contributed by atoms with Crippen LogP contribution >= 0.6 is 22.6 Å². The fourth-order valence-electron chi connectivity index (χ4n) is 1.10. The smallest absolute Gasteiger partial charge is 0.358 e. The molecule has 1 aromatic heterocycles. The predicted molar refractivity (Wildman–Crippen MR) is 62.6 cm³/mol. The summed E-state index contributed by atoms with van der Waals surface area (Å²) >= 11 is 1.59. The molecule has 90 valence electrons. The summed E-state index contributed by atoms with van der Waals surface area (Å²) in [5.74, 6) is -0.789. The molecule has 1 aromatic rings. The van der Waals surface area contributed by atoms with Gasteiger partial charge in [0.2, 0.25) is 0 Å². The van der Waals surface area contributed by atoms with Crippen LogP contribution < -0.4 is 0 Å². The third kappa shape index (κ3) is 3.09. The average molecular weight is 352 g/mol. The molecule has 4 nitrogen and oxygen atoms in total. The Labute approximate surface area is 110 Å². The van der Waals surface area contributed by atoms with Crippen LogP contribution in [0.2, 0.25) is 0 Å². The second-order valence-corrected chi connectivity index (χ2v) is 3.92. The molecule has 0 spiro atoms. The number of hydrogen-bond acceptors (Lipinski definition) is 4. The van der Waals surface area contributed by atoms with Crippen molar-refractivity contribution in [1.29, 1.82) is 5.26 Å². The van der Waals surface area contributed by atoms with E-state index < -0.39 is 12.4 Å². The number of carbonyl (C=O) groups excluding carboxylic acids is 1. The molecule has 0 aliphatic carbocycles.